The fourth-order valence-electron chi connectivity index (χ4n) is 5.32. The molecule has 1 saturated heterocycles. The highest BCUT2D eigenvalue weighted by Gasteiger charge is 2.43. The van der Waals surface area contributed by atoms with Gasteiger partial charge in [0.05, 0.1) is 17.1 Å². The summed E-state index contributed by atoms with van der Waals surface area (Å²) in [6.45, 7) is 9.41. The molecule has 2 aliphatic rings. The van der Waals surface area contributed by atoms with Crippen molar-refractivity contribution in [3.05, 3.63) is 70.6 Å². The Morgan fingerprint density at radius 2 is 2.00 bits per heavy atom. The van der Waals surface area contributed by atoms with Crippen molar-refractivity contribution in [3.63, 3.8) is 0 Å². The first-order chi connectivity index (χ1) is 14.0. The SMILES string of the molecule is Cc1cc(C)n(-c2cccc(CN3CCCC4(CCc5cnc(C)nc54)C3)c2)n1. The van der Waals surface area contributed by atoms with E-state index >= 15 is 0 Å². The second kappa shape index (κ2) is 7.06. The standard InChI is InChI=1S/C24H29N5/c1-17-12-18(2)29(27-17)22-7-4-6-20(13-22)15-28-11-5-9-24(16-28)10-8-21-14-25-19(3)26-23(21)24/h4,6-7,12-14H,5,8-11,15-16H2,1-3H3. The van der Waals surface area contributed by atoms with Crippen molar-refractivity contribution in [2.45, 2.75) is 58.4 Å². The second-order valence-electron chi connectivity index (χ2n) is 8.89. The van der Waals surface area contributed by atoms with Crippen LogP contribution in [0.4, 0.5) is 0 Å². The third-order valence-electron chi connectivity index (χ3n) is 6.59. The third kappa shape index (κ3) is 3.38. The maximum atomic E-state index is 4.89. The Kier molecular flexibility index (Phi) is 4.50. The zero-order chi connectivity index (χ0) is 20.0. The van der Waals surface area contributed by atoms with Crippen LogP contribution in [0, 0.1) is 20.8 Å². The Morgan fingerprint density at radius 1 is 1.10 bits per heavy atom. The Morgan fingerprint density at radius 3 is 2.83 bits per heavy atom. The molecule has 1 aliphatic carbocycles. The van der Waals surface area contributed by atoms with Crippen molar-refractivity contribution in [1.29, 1.82) is 0 Å². The molecule has 1 spiro atoms. The molecule has 150 valence electrons. The van der Waals surface area contributed by atoms with E-state index in [1.54, 1.807) is 0 Å². The van der Waals surface area contributed by atoms with Crippen LogP contribution in [0.1, 0.15) is 53.3 Å². The summed E-state index contributed by atoms with van der Waals surface area (Å²) in [7, 11) is 0. The first-order valence-electron chi connectivity index (χ1n) is 10.7. The van der Waals surface area contributed by atoms with Crippen LogP contribution in [-0.4, -0.2) is 37.7 Å². The number of benzene rings is 1. The van der Waals surface area contributed by atoms with E-state index < -0.39 is 0 Å². The van der Waals surface area contributed by atoms with E-state index in [1.165, 1.54) is 41.8 Å². The zero-order valence-electron chi connectivity index (χ0n) is 17.6. The van der Waals surface area contributed by atoms with Gasteiger partial charge in [-0.1, -0.05) is 12.1 Å². The highest BCUT2D eigenvalue weighted by molar-refractivity contribution is 5.38. The fourth-order valence-corrected chi connectivity index (χ4v) is 5.32. The van der Waals surface area contributed by atoms with Gasteiger partial charge in [0.1, 0.15) is 5.82 Å². The summed E-state index contributed by atoms with van der Waals surface area (Å²) in [6.07, 6.45) is 6.88. The van der Waals surface area contributed by atoms with Crippen molar-refractivity contribution in [2.75, 3.05) is 13.1 Å². The van der Waals surface area contributed by atoms with Gasteiger partial charge >= 0.3 is 0 Å². The van der Waals surface area contributed by atoms with Crippen molar-refractivity contribution < 1.29 is 0 Å². The number of piperidine rings is 1. The van der Waals surface area contributed by atoms with E-state index in [1.807, 2.05) is 18.5 Å². The number of hydrogen-bond acceptors (Lipinski definition) is 4. The highest BCUT2D eigenvalue weighted by Crippen LogP contribution is 2.44. The molecular weight excluding hydrogens is 358 g/mol. The number of rotatable bonds is 3. The third-order valence-corrected chi connectivity index (χ3v) is 6.59. The van der Waals surface area contributed by atoms with Crippen LogP contribution < -0.4 is 0 Å². The Balaban J connectivity index is 1.38. The molecule has 0 radical (unpaired) electrons. The molecule has 3 aromatic rings. The van der Waals surface area contributed by atoms with Crippen LogP contribution in [0.3, 0.4) is 0 Å². The molecule has 1 aromatic carbocycles. The molecule has 5 heteroatoms. The average molecular weight is 388 g/mol. The summed E-state index contributed by atoms with van der Waals surface area (Å²) in [5, 5.41) is 4.65. The van der Waals surface area contributed by atoms with Gasteiger partial charge in [0.2, 0.25) is 0 Å². The summed E-state index contributed by atoms with van der Waals surface area (Å²) in [6, 6.07) is 11.0. The minimum absolute atomic E-state index is 0.217. The molecule has 0 bridgehead atoms. The summed E-state index contributed by atoms with van der Waals surface area (Å²) < 4.78 is 2.05. The first kappa shape index (κ1) is 18.5. The number of aromatic nitrogens is 4. The lowest BCUT2D eigenvalue weighted by atomic mass is 9.77. The molecule has 1 fully saturated rings. The van der Waals surface area contributed by atoms with Gasteiger partial charge in [0, 0.05) is 30.4 Å². The fraction of sp³-hybridized carbons (Fsp3) is 0.458. The van der Waals surface area contributed by atoms with Gasteiger partial charge in [-0.05, 0) is 82.3 Å². The van der Waals surface area contributed by atoms with E-state index in [0.717, 1.165) is 43.3 Å². The summed E-state index contributed by atoms with van der Waals surface area (Å²) in [5.41, 5.74) is 7.64. The van der Waals surface area contributed by atoms with E-state index in [0.29, 0.717) is 0 Å². The maximum absolute atomic E-state index is 4.89. The molecule has 29 heavy (non-hydrogen) atoms. The Labute approximate surface area is 172 Å². The van der Waals surface area contributed by atoms with Crippen LogP contribution in [0.2, 0.25) is 0 Å². The molecule has 2 aromatic heterocycles. The van der Waals surface area contributed by atoms with Crippen LogP contribution in [0.25, 0.3) is 5.69 Å². The molecule has 0 amide bonds. The average Bonchev–Trinajstić information content (AvgIpc) is 3.22. The monoisotopic (exact) mass is 387 g/mol. The van der Waals surface area contributed by atoms with Crippen LogP contribution in [0.15, 0.2) is 36.5 Å². The molecule has 5 rings (SSSR count). The minimum Gasteiger partial charge on any atom is -0.298 e. The number of hydrogen-bond donors (Lipinski definition) is 0. The number of aryl methyl sites for hydroxylation is 4. The highest BCUT2D eigenvalue weighted by atomic mass is 15.3. The topological polar surface area (TPSA) is 46.8 Å². The molecule has 1 aliphatic heterocycles. The summed E-state index contributed by atoms with van der Waals surface area (Å²) >= 11 is 0. The van der Waals surface area contributed by atoms with Gasteiger partial charge in [-0.25, -0.2) is 14.6 Å². The van der Waals surface area contributed by atoms with Gasteiger partial charge in [-0.3, -0.25) is 4.90 Å². The largest absolute Gasteiger partial charge is 0.298 e. The summed E-state index contributed by atoms with van der Waals surface area (Å²) in [5.74, 6) is 0.903. The van der Waals surface area contributed by atoms with Crippen molar-refractivity contribution in [1.82, 2.24) is 24.6 Å². The molecule has 0 N–H and O–H groups in total. The van der Waals surface area contributed by atoms with Crippen LogP contribution in [0.5, 0.6) is 0 Å². The smallest absolute Gasteiger partial charge is 0.125 e. The first-order valence-corrected chi connectivity index (χ1v) is 10.7. The molecule has 0 saturated carbocycles. The minimum atomic E-state index is 0.217. The zero-order valence-corrected chi connectivity index (χ0v) is 17.6. The molecule has 5 nitrogen and oxygen atoms in total. The van der Waals surface area contributed by atoms with Crippen LogP contribution in [-0.2, 0) is 18.4 Å². The van der Waals surface area contributed by atoms with E-state index in [2.05, 4.69) is 58.4 Å². The lowest BCUT2D eigenvalue weighted by Gasteiger charge is -2.40. The number of fused-ring (bicyclic) bond motifs is 2. The van der Waals surface area contributed by atoms with Crippen molar-refractivity contribution >= 4 is 0 Å². The predicted molar refractivity (Wildman–Crippen MR) is 114 cm³/mol. The molecule has 3 heterocycles. The van der Waals surface area contributed by atoms with Crippen molar-refractivity contribution in [3.8, 4) is 5.69 Å². The molecule has 1 atom stereocenters. The normalized spacial score (nSPS) is 21.6. The van der Waals surface area contributed by atoms with E-state index in [-0.39, 0.29) is 5.41 Å². The summed E-state index contributed by atoms with van der Waals surface area (Å²) in [4.78, 5) is 11.9. The Hall–Kier alpha value is -2.53. The maximum Gasteiger partial charge on any atom is 0.125 e. The van der Waals surface area contributed by atoms with Crippen LogP contribution >= 0.6 is 0 Å². The molecule has 1 unspecified atom stereocenters. The van der Waals surface area contributed by atoms with Gasteiger partial charge in [-0.2, -0.15) is 5.10 Å². The predicted octanol–water partition coefficient (Wildman–Crippen LogP) is 4.07. The number of nitrogens with zero attached hydrogens (tertiary/aromatic N) is 5. The number of likely N-dealkylation sites (tertiary alicyclic amines) is 1. The van der Waals surface area contributed by atoms with E-state index in [9.17, 15) is 0 Å². The molecular formula is C24H29N5. The van der Waals surface area contributed by atoms with Gasteiger partial charge in [0.25, 0.3) is 0 Å². The van der Waals surface area contributed by atoms with Gasteiger partial charge < -0.3 is 0 Å². The lowest BCUT2D eigenvalue weighted by molar-refractivity contribution is 0.136. The second-order valence-corrected chi connectivity index (χ2v) is 8.89. The van der Waals surface area contributed by atoms with Crippen molar-refractivity contribution in [2.24, 2.45) is 0 Å². The van der Waals surface area contributed by atoms with Gasteiger partial charge in [-0.15, -0.1) is 0 Å². The lowest BCUT2D eigenvalue weighted by Crippen LogP contribution is -2.45. The quantitative estimate of drug-likeness (QED) is 0.680. The Bertz CT molecular complexity index is 1050. The van der Waals surface area contributed by atoms with Gasteiger partial charge in [0.15, 0.2) is 0 Å². The van der Waals surface area contributed by atoms with E-state index in [4.69, 9.17) is 4.98 Å².